The Morgan fingerprint density at radius 2 is 2.05 bits per heavy atom. The van der Waals surface area contributed by atoms with Crippen molar-refractivity contribution in [3.05, 3.63) is 35.1 Å². The van der Waals surface area contributed by atoms with Gasteiger partial charge in [0.05, 0.1) is 5.60 Å². The monoisotopic (exact) mass is 289 g/mol. The molecule has 1 amide bonds. The number of hydrogen-bond acceptors (Lipinski definition) is 3. The number of para-hydroxylation sites is 1. The fourth-order valence-electron chi connectivity index (χ4n) is 2.14. The van der Waals surface area contributed by atoms with Crippen molar-refractivity contribution < 1.29 is 14.3 Å². The van der Waals surface area contributed by atoms with Crippen molar-refractivity contribution in [2.24, 2.45) is 5.92 Å². The number of aryl methyl sites for hydroxylation is 2. The SMILES string of the molecule is Cc1c(C(=O)NCC(C)(O)C(C)C)oc2c(C)cccc12. The Morgan fingerprint density at radius 1 is 1.38 bits per heavy atom. The van der Waals surface area contributed by atoms with Gasteiger partial charge in [-0.3, -0.25) is 4.79 Å². The van der Waals surface area contributed by atoms with Crippen molar-refractivity contribution in [1.82, 2.24) is 5.32 Å². The molecule has 2 rings (SSSR count). The van der Waals surface area contributed by atoms with E-state index in [-0.39, 0.29) is 18.4 Å². The van der Waals surface area contributed by atoms with E-state index in [9.17, 15) is 9.90 Å². The highest BCUT2D eigenvalue weighted by molar-refractivity contribution is 5.99. The molecular formula is C17H23NO3. The van der Waals surface area contributed by atoms with Crippen LogP contribution in [0.5, 0.6) is 0 Å². The number of carbonyl (C=O) groups excluding carboxylic acids is 1. The summed E-state index contributed by atoms with van der Waals surface area (Å²) < 4.78 is 5.72. The van der Waals surface area contributed by atoms with Crippen molar-refractivity contribution in [2.45, 2.75) is 40.2 Å². The maximum atomic E-state index is 12.3. The van der Waals surface area contributed by atoms with Gasteiger partial charge >= 0.3 is 0 Å². The number of hydrogen-bond donors (Lipinski definition) is 2. The second kappa shape index (κ2) is 5.53. The molecule has 0 spiro atoms. The molecule has 0 saturated carbocycles. The fraction of sp³-hybridized carbons (Fsp3) is 0.471. The Kier molecular flexibility index (Phi) is 4.10. The zero-order valence-corrected chi connectivity index (χ0v) is 13.3. The van der Waals surface area contributed by atoms with Crippen LogP contribution in [0.15, 0.2) is 22.6 Å². The highest BCUT2D eigenvalue weighted by atomic mass is 16.3. The van der Waals surface area contributed by atoms with E-state index in [1.807, 2.05) is 45.9 Å². The van der Waals surface area contributed by atoms with Gasteiger partial charge in [0.1, 0.15) is 5.58 Å². The molecule has 2 N–H and O–H groups in total. The largest absolute Gasteiger partial charge is 0.450 e. The van der Waals surface area contributed by atoms with Crippen LogP contribution in [0.2, 0.25) is 0 Å². The molecule has 0 aliphatic heterocycles. The van der Waals surface area contributed by atoms with Gasteiger partial charge in [0, 0.05) is 17.5 Å². The van der Waals surface area contributed by atoms with Crippen LogP contribution in [0.4, 0.5) is 0 Å². The minimum atomic E-state index is -0.939. The molecule has 4 heteroatoms. The Bertz CT molecular complexity index is 668. The third kappa shape index (κ3) is 2.95. The van der Waals surface area contributed by atoms with E-state index < -0.39 is 5.60 Å². The van der Waals surface area contributed by atoms with Crippen molar-refractivity contribution in [2.75, 3.05) is 6.54 Å². The van der Waals surface area contributed by atoms with Crippen LogP contribution in [0.25, 0.3) is 11.0 Å². The molecule has 114 valence electrons. The van der Waals surface area contributed by atoms with Gasteiger partial charge in [0.15, 0.2) is 5.76 Å². The predicted octanol–water partition coefficient (Wildman–Crippen LogP) is 3.19. The minimum Gasteiger partial charge on any atom is -0.450 e. The summed E-state index contributed by atoms with van der Waals surface area (Å²) in [5.41, 5.74) is 1.64. The summed E-state index contributed by atoms with van der Waals surface area (Å²) in [6, 6.07) is 5.85. The Morgan fingerprint density at radius 3 is 2.62 bits per heavy atom. The number of aliphatic hydroxyl groups is 1. The summed E-state index contributed by atoms with van der Waals surface area (Å²) >= 11 is 0. The van der Waals surface area contributed by atoms with Gasteiger partial charge in [0.25, 0.3) is 5.91 Å². The molecule has 0 aliphatic carbocycles. The number of fused-ring (bicyclic) bond motifs is 1. The molecule has 1 aromatic carbocycles. The molecule has 1 unspecified atom stereocenters. The lowest BCUT2D eigenvalue weighted by molar-refractivity contribution is 0.0139. The van der Waals surface area contributed by atoms with E-state index in [0.717, 1.165) is 22.1 Å². The van der Waals surface area contributed by atoms with Gasteiger partial charge in [0.2, 0.25) is 0 Å². The molecule has 1 aromatic heterocycles. The lowest BCUT2D eigenvalue weighted by atomic mass is 9.92. The third-order valence-electron chi connectivity index (χ3n) is 4.22. The lowest BCUT2D eigenvalue weighted by Gasteiger charge is -2.27. The predicted molar refractivity (Wildman–Crippen MR) is 83.5 cm³/mol. The second-order valence-electron chi connectivity index (χ2n) is 6.20. The second-order valence-corrected chi connectivity index (χ2v) is 6.20. The number of furan rings is 1. The zero-order valence-electron chi connectivity index (χ0n) is 13.3. The number of carbonyl (C=O) groups is 1. The topological polar surface area (TPSA) is 62.5 Å². The summed E-state index contributed by atoms with van der Waals surface area (Å²) in [5.74, 6) is 0.0831. The van der Waals surface area contributed by atoms with Crippen LogP contribution in [0, 0.1) is 19.8 Å². The van der Waals surface area contributed by atoms with Gasteiger partial charge in [-0.2, -0.15) is 0 Å². The van der Waals surface area contributed by atoms with E-state index in [4.69, 9.17) is 4.42 Å². The van der Waals surface area contributed by atoms with Crippen LogP contribution in [-0.2, 0) is 0 Å². The van der Waals surface area contributed by atoms with Crippen LogP contribution in [0.3, 0.4) is 0 Å². The fourth-order valence-corrected chi connectivity index (χ4v) is 2.14. The number of nitrogens with one attached hydrogen (secondary N) is 1. The van der Waals surface area contributed by atoms with Crippen molar-refractivity contribution in [1.29, 1.82) is 0 Å². The van der Waals surface area contributed by atoms with Gasteiger partial charge in [-0.25, -0.2) is 0 Å². The van der Waals surface area contributed by atoms with Gasteiger partial charge in [-0.05, 0) is 32.3 Å². The van der Waals surface area contributed by atoms with E-state index in [1.165, 1.54) is 0 Å². The molecule has 0 bridgehead atoms. The molecule has 4 nitrogen and oxygen atoms in total. The lowest BCUT2D eigenvalue weighted by Crippen LogP contribution is -2.44. The van der Waals surface area contributed by atoms with Crippen molar-refractivity contribution in [3.63, 3.8) is 0 Å². The Hall–Kier alpha value is -1.81. The summed E-state index contributed by atoms with van der Waals surface area (Å²) in [4.78, 5) is 12.3. The molecule has 21 heavy (non-hydrogen) atoms. The first-order valence-electron chi connectivity index (χ1n) is 7.23. The molecule has 1 heterocycles. The first-order chi connectivity index (χ1) is 9.74. The van der Waals surface area contributed by atoms with Crippen molar-refractivity contribution in [3.8, 4) is 0 Å². The van der Waals surface area contributed by atoms with Gasteiger partial charge in [-0.15, -0.1) is 0 Å². The first-order valence-corrected chi connectivity index (χ1v) is 7.23. The Balaban J connectivity index is 2.25. The minimum absolute atomic E-state index is 0.0526. The molecule has 2 aromatic rings. The number of benzene rings is 1. The van der Waals surface area contributed by atoms with E-state index in [0.29, 0.717) is 5.76 Å². The van der Waals surface area contributed by atoms with E-state index >= 15 is 0 Å². The standard InChI is InChI=1S/C17H23NO3/c1-10(2)17(5,20)9-18-16(19)15-12(4)13-8-6-7-11(3)14(13)21-15/h6-8,10,20H,9H2,1-5H3,(H,18,19). The van der Waals surface area contributed by atoms with Crippen LogP contribution >= 0.6 is 0 Å². The third-order valence-corrected chi connectivity index (χ3v) is 4.22. The normalized spacial score (nSPS) is 14.4. The zero-order chi connectivity index (χ0) is 15.8. The molecule has 1 atom stereocenters. The number of rotatable bonds is 4. The summed E-state index contributed by atoms with van der Waals surface area (Å²) in [6.07, 6.45) is 0. The average Bonchev–Trinajstić information content (AvgIpc) is 2.75. The summed E-state index contributed by atoms with van der Waals surface area (Å²) in [5, 5.41) is 13.9. The highest BCUT2D eigenvalue weighted by Crippen LogP contribution is 2.27. The maximum absolute atomic E-state index is 12.3. The first kappa shape index (κ1) is 15.6. The molecule has 0 saturated heterocycles. The van der Waals surface area contributed by atoms with Crippen LogP contribution in [-0.4, -0.2) is 23.2 Å². The van der Waals surface area contributed by atoms with E-state index in [2.05, 4.69) is 5.32 Å². The smallest absolute Gasteiger partial charge is 0.287 e. The maximum Gasteiger partial charge on any atom is 0.287 e. The van der Waals surface area contributed by atoms with E-state index in [1.54, 1.807) is 6.92 Å². The highest BCUT2D eigenvalue weighted by Gasteiger charge is 2.27. The quantitative estimate of drug-likeness (QED) is 0.908. The van der Waals surface area contributed by atoms with Gasteiger partial charge in [-0.1, -0.05) is 32.0 Å². The summed E-state index contributed by atoms with van der Waals surface area (Å²) in [6.45, 7) is 9.58. The summed E-state index contributed by atoms with van der Waals surface area (Å²) in [7, 11) is 0. The molecular weight excluding hydrogens is 266 g/mol. The molecule has 0 fully saturated rings. The van der Waals surface area contributed by atoms with Crippen molar-refractivity contribution >= 4 is 16.9 Å². The van der Waals surface area contributed by atoms with Crippen LogP contribution < -0.4 is 5.32 Å². The number of amides is 1. The molecule has 0 radical (unpaired) electrons. The Labute approximate surface area is 125 Å². The average molecular weight is 289 g/mol. The van der Waals surface area contributed by atoms with Crippen LogP contribution in [0.1, 0.15) is 42.5 Å². The molecule has 0 aliphatic rings. The van der Waals surface area contributed by atoms with Gasteiger partial charge < -0.3 is 14.8 Å².